The van der Waals surface area contributed by atoms with E-state index in [0.29, 0.717) is 16.4 Å². The highest BCUT2D eigenvalue weighted by Crippen LogP contribution is 2.31. The molecule has 0 spiro atoms. The van der Waals surface area contributed by atoms with Gasteiger partial charge in [-0.15, -0.1) is 0 Å². The Kier molecular flexibility index (Phi) is 3.49. The van der Waals surface area contributed by atoms with Crippen LogP contribution >= 0.6 is 11.3 Å². The van der Waals surface area contributed by atoms with Crippen molar-refractivity contribution in [1.82, 2.24) is 4.98 Å². The highest BCUT2D eigenvalue weighted by molar-refractivity contribution is 7.18. The number of anilines is 1. The van der Waals surface area contributed by atoms with Crippen molar-refractivity contribution in [3.63, 3.8) is 0 Å². The topological polar surface area (TPSA) is 71.9 Å². The zero-order valence-corrected chi connectivity index (χ0v) is 11.0. The van der Waals surface area contributed by atoms with Gasteiger partial charge in [0.25, 0.3) is 0 Å². The zero-order chi connectivity index (χ0) is 13.1. The minimum Gasteiger partial charge on any atom is -0.490 e. The van der Waals surface area contributed by atoms with Gasteiger partial charge < -0.3 is 10.5 Å². The van der Waals surface area contributed by atoms with Gasteiger partial charge in [0, 0.05) is 6.20 Å². The molecule has 18 heavy (non-hydrogen) atoms. The zero-order valence-electron chi connectivity index (χ0n) is 10.2. The first kappa shape index (κ1) is 12.4. The Labute approximate surface area is 110 Å². The van der Waals surface area contributed by atoms with Crippen molar-refractivity contribution in [1.29, 1.82) is 5.26 Å². The van der Waals surface area contributed by atoms with Crippen LogP contribution in [-0.2, 0) is 0 Å². The fourth-order valence-electron chi connectivity index (χ4n) is 1.54. The number of ether oxygens (including phenoxy) is 1. The van der Waals surface area contributed by atoms with Gasteiger partial charge in [0.15, 0.2) is 5.13 Å². The average Bonchev–Trinajstić information content (AvgIpc) is 2.75. The molecule has 0 fully saturated rings. The fraction of sp³-hybridized carbons (Fsp3) is 0.231. The molecule has 0 bridgehead atoms. The Morgan fingerprint density at radius 1 is 1.44 bits per heavy atom. The summed E-state index contributed by atoms with van der Waals surface area (Å²) in [6.45, 7) is 3.86. The molecule has 1 heterocycles. The van der Waals surface area contributed by atoms with E-state index in [2.05, 4.69) is 11.1 Å². The number of hydrogen-bond acceptors (Lipinski definition) is 5. The van der Waals surface area contributed by atoms with E-state index in [0.717, 1.165) is 10.4 Å². The summed E-state index contributed by atoms with van der Waals surface area (Å²) in [4.78, 5) is 4.98. The third-order valence-corrected chi connectivity index (χ3v) is 3.15. The molecule has 0 atom stereocenters. The predicted octanol–water partition coefficient (Wildman–Crippen LogP) is 3.05. The molecule has 0 aliphatic carbocycles. The Balaban J connectivity index is 2.43. The lowest BCUT2D eigenvalue weighted by molar-refractivity contribution is 0.242. The van der Waals surface area contributed by atoms with Crippen LogP contribution in [-0.4, -0.2) is 11.1 Å². The number of nitrogens with two attached hydrogens (primary N) is 1. The van der Waals surface area contributed by atoms with E-state index in [1.54, 1.807) is 12.3 Å². The number of rotatable bonds is 3. The number of nitriles is 1. The minimum atomic E-state index is 0.0267. The Morgan fingerprint density at radius 3 is 2.78 bits per heavy atom. The van der Waals surface area contributed by atoms with Crippen molar-refractivity contribution >= 4 is 16.5 Å². The van der Waals surface area contributed by atoms with Gasteiger partial charge in [-0.25, -0.2) is 4.98 Å². The van der Waals surface area contributed by atoms with Crippen LogP contribution in [0.1, 0.15) is 19.4 Å². The van der Waals surface area contributed by atoms with E-state index >= 15 is 0 Å². The largest absolute Gasteiger partial charge is 0.490 e. The lowest BCUT2D eigenvalue weighted by atomic mass is 10.1. The highest BCUT2D eigenvalue weighted by atomic mass is 32.1. The first-order valence-electron chi connectivity index (χ1n) is 5.52. The molecule has 2 N–H and O–H groups in total. The van der Waals surface area contributed by atoms with Gasteiger partial charge in [0.1, 0.15) is 11.8 Å². The maximum absolute atomic E-state index is 9.04. The monoisotopic (exact) mass is 259 g/mol. The first-order valence-corrected chi connectivity index (χ1v) is 6.34. The summed E-state index contributed by atoms with van der Waals surface area (Å²) < 4.78 is 5.64. The first-order chi connectivity index (χ1) is 8.60. The third kappa shape index (κ3) is 2.60. The van der Waals surface area contributed by atoms with E-state index in [-0.39, 0.29) is 6.10 Å². The smallest absolute Gasteiger partial charge is 0.180 e. The number of benzene rings is 1. The molecule has 92 valence electrons. The lowest BCUT2D eigenvalue weighted by Gasteiger charge is -2.12. The second kappa shape index (κ2) is 5.07. The van der Waals surface area contributed by atoms with E-state index in [1.165, 1.54) is 11.3 Å². The van der Waals surface area contributed by atoms with Crippen molar-refractivity contribution in [2.45, 2.75) is 20.0 Å². The lowest BCUT2D eigenvalue weighted by Crippen LogP contribution is -2.06. The summed E-state index contributed by atoms with van der Waals surface area (Å²) >= 11 is 1.41. The van der Waals surface area contributed by atoms with Crippen LogP contribution in [0.4, 0.5) is 5.13 Å². The number of hydrogen-bond donors (Lipinski definition) is 1. The van der Waals surface area contributed by atoms with Crippen LogP contribution in [0, 0.1) is 11.3 Å². The normalized spacial score (nSPS) is 10.3. The number of nitrogen functional groups attached to an aromatic ring is 1. The second-order valence-corrected chi connectivity index (χ2v) is 5.11. The molecule has 2 aromatic rings. The Hall–Kier alpha value is -2.06. The molecule has 5 heteroatoms. The molecule has 4 nitrogen and oxygen atoms in total. The van der Waals surface area contributed by atoms with Crippen molar-refractivity contribution < 1.29 is 4.74 Å². The van der Waals surface area contributed by atoms with Crippen LogP contribution in [0.15, 0.2) is 24.4 Å². The average molecular weight is 259 g/mol. The Bertz CT molecular complexity index is 599. The number of thiazole rings is 1. The second-order valence-electron chi connectivity index (χ2n) is 4.05. The van der Waals surface area contributed by atoms with E-state index in [4.69, 9.17) is 15.7 Å². The van der Waals surface area contributed by atoms with Crippen molar-refractivity contribution in [3.05, 3.63) is 30.0 Å². The maximum atomic E-state index is 9.04. The van der Waals surface area contributed by atoms with Crippen molar-refractivity contribution in [2.24, 2.45) is 0 Å². The molecule has 0 aliphatic rings. The van der Waals surface area contributed by atoms with Gasteiger partial charge in [0.2, 0.25) is 0 Å². The van der Waals surface area contributed by atoms with Gasteiger partial charge in [0.05, 0.1) is 16.5 Å². The Morgan fingerprint density at radius 2 is 2.22 bits per heavy atom. The van der Waals surface area contributed by atoms with Crippen LogP contribution < -0.4 is 10.5 Å². The molecule has 2 rings (SSSR count). The van der Waals surface area contributed by atoms with Gasteiger partial charge in [-0.2, -0.15) is 5.26 Å². The van der Waals surface area contributed by atoms with E-state index in [1.807, 2.05) is 26.0 Å². The minimum absolute atomic E-state index is 0.0267. The molecule has 0 saturated heterocycles. The molecule has 0 aliphatic heterocycles. The van der Waals surface area contributed by atoms with Crippen LogP contribution in [0.25, 0.3) is 10.4 Å². The van der Waals surface area contributed by atoms with E-state index < -0.39 is 0 Å². The van der Waals surface area contributed by atoms with Crippen molar-refractivity contribution in [2.75, 3.05) is 5.73 Å². The van der Waals surface area contributed by atoms with Crippen molar-refractivity contribution in [3.8, 4) is 22.3 Å². The summed E-state index contributed by atoms with van der Waals surface area (Å²) in [5.41, 5.74) is 7.10. The van der Waals surface area contributed by atoms with Crippen LogP contribution in [0.5, 0.6) is 5.75 Å². The third-order valence-electron chi connectivity index (χ3n) is 2.27. The molecule has 1 aromatic heterocycles. The SMILES string of the molecule is CC(C)Oc1cc(-c2cnc(N)s2)ccc1C#N. The summed E-state index contributed by atoms with van der Waals surface area (Å²) in [7, 11) is 0. The van der Waals surface area contributed by atoms with Gasteiger partial charge in [-0.3, -0.25) is 0 Å². The van der Waals surface area contributed by atoms with Crippen LogP contribution in [0.2, 0.25) is 0 Å². The van der Waals surface area contributed by atoms with E-state index in [9.17, 15) is 0 Å². The van der Waals surface area contributed by atoms with Gasteiger partial charge in [-0.1, -0.05) is 17.4 Å². The number of aromatic nitrogens is 1. The van der Waals surface area contributed by atoms with Gasteiger partial charge in [-0.05, 0) is 31.5 Å². The summed E-state index contributed by atoms with van der Waals surface area (Å²) in [5.74, 6) is 0.594. The molecule has 0 amide bonds. The van der Waals surface area contributed by atoms with Crippen LogP contribution in [0.3, 0.4) is 0 Å². The quantitative estimate of drug-likeness (QED) is 0.919. The summed E-state index contributed by atoms with van der Waals surface area (Å²) in [6.07, 6.45) is 1.75. The molecular formula is C13H13N3OS. The predicted molar refractivity (Wildman–Crippen MR) is 72.4 cm³/mol. The molecule has 0 saturated carbocycles. The molecular weight excluding hydrogens is 246 g/mol. The number of nitrogens with zero attached hydrogens (tertiary/aromatic N) is 2. The summed E-state index contributed by atoms with van der Waals surface area (Å²) in [6, 6.07) is 7.60. The molecule has 1 aromatic carbocycles. The fourth-order valence-corrected chi connectivity index (χ4v) is 2.22. The summed E-state index contributed by atoms with van der Waals surface area (Å²) in [5, 5.41) is 9.57. The molecule has 0 radical (unpaired) electrons. The van der Waals surface area contributed by atoms with Gasteiger partial charge >= 0.3 is 0 Å². The standard InChI is InChI=1S/C13H13N3OS/c1-8(2)17-11-5-9(3-4-10(11)6-14)12-7-16-13(15)18-12/h3-5,7-8H,1-2H3,(H2,15,16). The maximum Gasteiger partial charge on any atom is 0.180 e. The molecule has 0 unspecified atom stereocenters. The highest BCUT2D eigenvalue weighted by Gasteiger charge is 2.09.